The van der Waals surface area contributed by atoms with E-state index >= 15 is 0 Å². The van der Waals surface area contributed by atoms with Gasteiger partial charge in [-0.1, -0.05) is 0 Å². The molecule has 0 aliphatic carbocycles. The molecule has 2 N–H and O–H groups in total. The van der Waals surface area contributed by atoms with Crippen LogP contribution in [0.4, 0.5) is 0 Å². The van der Waals surface area contributed by atoms with E-state index in [0.717, 1.165) is 41.3 Å². The van der Waals surface area contributed by atoms with Crippen LogP contribution in [0.5, 0.6) is 11.5 Å². The van der Waals surface area contributed by atoms with Gasteiger partial charge in [-0.15, -0.1) is 0 Å². The first-order chi connectivity index (χ1) is 10.1. The van der Waals surface area contributed by atoms with E-state index in [0.29, 0.717) is 0 Å². The number of hydrogen-bond donors (Lipinski definition) is 2. The third-order valence-corrected chi connectivity index (χ3v) is 3.80. The van der Waals surface area contributed by atoms with Crippen molar-refractivity contribution in [2.75, 3.05) is 27.3 Å². The number of amides is 1. The smallest absolute Gasteiger partial charge is 0.247 e. The Morgan fingerprint density at radius 2 is 2.00 bits per heavy atom. The first-order valence-corrected chi connectivity index (χ1v) is 6.99. The number of hydrogen-bond acceptors (Lipinski definition) is 4. The molecule has 21 heavy (non-hydrogen) atoms. The molecule has 1 atom stereocenters. The first kappa shape index (κ1) is 15.4. The van der Waals surface area contributed by atoms with Gasteiger partial charge in [-0.05, 0) is 37.6 Å². The SMILES string of the molecule is COc1ccc(OC)c(C(C)NC(=O)C(C)=C2CNC2)c1. The van der Waals surface area contributed by atoms with Crippen molar-refractivity contribution < 1.29 is 14.3 Å². The molecule has 1 heterocycles. The normalized spacial score (nSPS) is 15.0. The predicted octanol–water partition coefficient (Wildman–Crippen LogP) is 1.80. The standard InChI is InChI=1S/C16H22N2O3/c1-10(12-8-17-9-12)16(19)18-11(2)14-7-13(20-3)5-6-15(14)21-4/h5-7,11,17H,8-9H2,1-4H3,(H,18,19). The lowest BCUT2D eigenvalue weighted by Gasteiger charge is -2.23. The largest absolute Gasteiger partial charge is 0.497 e. The predicted molar refractivity (Wildman–Crippen MR) is 81.7 cm³/mol. The summed E-state index contributed by atoms with van der Waals surface area (Å²) in [6, 6.07) is 5.41. The topological polar surface area (TPSA) is 59.6 Å². The summed E-state index contributed by atoms with van der Waals surface area (Å²) in [5.41, 5.74) is 2.86. The zero-order valence-corrected chi connectivity index (χ0v) is 12.9. The molecule has 0 radical (unpaired) electrons. The fraction of sp³-hybridized carbons (Fsp3) is 0.438. The maximum atomic E-state index is 12.2. The van der Waals surface area contributed by atoms with Crippen molar-refractivity contribution in [3.05, 3.63) is 34.9 Å². The lowest BCUT2D eigenvalue weighted by molar-refractivity contribution is -0.118. The van der Waals surface area contributed by atoms with Crippen LogP contribution in [0.25, 0.3) is 0 Å². The minimum atomic E-state index is -0.161. The van der Waals surface area contributed by atoms with E-state index in [1.54, 1.807) is 14.2 Å². The minimum absolute atomic E-state index is 0.0381. The summed E-state index contributed by atoms with van der Waals surface area (Å²) in [6.07, 6.45) is 0. The quantitative estimate of drug-likeness (QED) is 0.812. The van der Waals surface area contributed by atoms with Crippen molar-refractivity contribution >= 4 is 5.91 Å². The van der Waals surface area contributed by atoms with E-state index in [1.807, 2.05) is 32.0 Å². The van der Waals surface area contributed by atoms with Gasteiger partial charge in [0.1, 0.15) is 11.5 Å². The summed E-state index contributed by atoms with van der Waals surface area (Å²) in [5.74, 6) is 1.44. The van der Waals surface area contributed by atoms with Crippen LogP contribution in [-0.4, -0.2) is 33.2 Å². The van der Waals surface area contributed by atoms with Crippen LogP contribution in [0.3, 0.4) is 0 Å². The number of methoxy groups -OCH3 is 2. The second-order valence-electron chi connectivity index (χ2n) is 5.14. The van der Waals surface area contributed by atoms with Gasteiger partial charge in [-0.2, -0.15) is 0 Å². The minimum Gasteiger partial charge on any atom is -0.497 e. The zero-order valence-electron chi connectivity index (χ0n) is 12.9. The van der Waals surface area contributed by atoms with Crippen molar-refractivity contribution in [3.8, 4) is 11.5 Å². The summed E-state index contributed by atoms with van der Waals surface area (Å²) < 4.78 is 10.6. The molecule has 1 unspecified atom stereocenters. The van der Waals surface area contributed by atoms with Crippen LogP contribution < -0.4 is 20.1 Å². The molecule has 0 saturated carbocycles. The van der Waals surface area contributed by atoms with Crippen LogP contribution >= 0.6 is 0 Å². The van der Waals surface area contributed by atoms with E-state index < -0.39 is 0 Å². The Morgan fingerprint density at radius 3 is 2.52 bits per heavy atom. The Hall–Kier alpha value is -2.01. The summed E-state index contributed by atoms with van der Waals surface area (Å²) >= 11 is 0. The molecule has 2 rings (SSSR count). The van der Waals surface area contributed by atoms with Crippen LogP contribution in [0.1, 0.15) is 25.5 Å². The Morgan fingerprint density at radius 1 is 1.29 bits per heavy atom. The first-order valence-electron chi connectivity index (χ1n) is 6.99. The van der Waals surface area contributed by atoms with Crippen LogP contribution in [0.15, 0.2) is 29.3 Å². The highest BCUT2D eigenvalue weighted by molar-refractivity contribution is 5.94. The maximum absolute atomic E-state index is 12.2. The number of carbonyl (C=O) groups excluding carboxylic acids is 1. The monoisotopic (exact) mass is 290 g/mol. The average molecular weight is 290 g/mol. The molecule has 114 valence electrons. The van der Waals surface area contributed by atoms with E-state index in [-0.39, 0.29) is 11.9 Å². The van der Waals surface area contributed by atoms with Crippen LogP contribution in [0, 0.1) is 0 Å². The molecule has 0 spiro atoms. The molecule has 5 heteroatoms. The molecule has 1 aliphatic heterocycles. The Bertz CT molecular complexity index is 561. The molecular weight excluding hydrogens is 268 g/mol. The number of benzene rings is 1. The average Bonchev–Trinajstić information content (AvgIpc) is 2.44. The Balaban J connectivity index is 2.15. The van der Waals surface area contributed by atoms with Gasteiger partial charge in [-0.25, -0.2) is 0 Å². The van der Waals surface area contributed by atoms with Gasteiger partial charge in [0, 0.05) is 24.2 Å². The molecule has 0 aromatic heterocycles. The highest BCUT2D eigenvalue weighted by Gasteiger charge is 2.19. The Kier molecular flexibility index (Phi) is 4.85. The summed E-state index contributed by atoms with van der Waals surface area (Å²) in [7, 11) is 3.24. The molecule has 1 amide bonds. The van der Waals surface area contributed by atoms with Gasteiger partial charge in [0.15, 0.2) is 0 Å². The molecule has 1 saturated heterocycles. The summed E-state index contributed by atoms with van der Waals surface area (Å²) in [4.78, 5) is 12.2. The molecule has 1 aliphatic rings. The summed E-state index contributed by atoms with van der Waals surface area (Å²) in [5, 5.41) is 6.15. The molecular formula is C16H22N2O3. The number of ether oxygens (including phenoxy) is 2. The van der Waals surface area contributed by atoms with Gasteiger partial charge in [0.25, 0.3) is 0 Å². The maximum Gasteiger partial charge on any atom is 0.247 e. The van der Waals surface area contributed by atoms with Crippen molar-refractivity contribution in [2.24, 2.45) is 0 Å². The van der Waals surface area contributed by atoms with Gasteiger partial charge in [-0.3, -0.25) is 4.79 Å². The molecule has 0 bridgehead atoms. The van der Waals surface area contributed by atoms with Gasteiger partial charge < -0.3 is 20.1 Å². The number of carbonyl (C=O) groups is 1. The van der Waals surface area contributed by atoms with E-state index in [4.69, 9.17) is 9.47 Å². The second kappa shape index (κ2) is 6.63. The molecule has 1 aromatic carbocycles. The highest BCUT2D eigenvalue weighted by atomic mass is 16.5. The fourth-order valence-corrected chi connectivity index (χ4v) is 2.24. The third-order valence-electron chi connectivity index (χ3n) is 3.80. The highest BCUT2D eigenvalue weighted by Crippen LogP contribution is 2.29. The third kappa shape index (κ3) is 3.36. The van der Waals surface area contributed by atoms with Crippen molar-refractivity contribution in [1.82, 2.24) is 10.6 Å². The van der Waals surface area contributed by atoms with E-state index in [1.165, 1.54) is 0 Å². The van der Waals surface area contributed by atoms with Crippen LogP contribution in [0.2, 0.25) is 0 Å². The Labute approximate surface area is 125 Å². The van der Waals surface area contributed by atoms with E-state index in [2.05, 4.69) is 10.6 Å². The fourth-order valence-electron chi connectivity index (χ4n) is 2.24. The van der Waals surface area contributed by atoms with Gasteiger partial charge in [0.05, 0.1) is 20.3 Å². The molecule has 5 nitrogen and oxygen atoms in total. The zero-order chi connectivity index (χ0) is 15.4. The number of rotatable bonds is 5. The van der Waals surface area contributed by atoms with Gasteiger partial charge in [0.2, 0.25) is 5.91 Å². The lowest BCUT2D eigenvalue weighted by Crippen LogP contribution is -2.38. The van der Waals surface area contributed by atoms with Crippen LogP contribution in [-0.2, 0) is 4.79 Å². The van der Waals surface area contributed by atoms with Crippen molar-refractivity contribution in [3.63, 3.8) is 0 Å². The second-order valence-corrected chi connectivity index (χ2v) is 5.14. The van der Waals surface area contributed by atoms with Crippen molar-refractivity contribution in [2.45, 2.75) is 19.9 Å². The molecule has 1 aromatic rings. The van der Waals surface area contributed by atoms with E-state index in [9.17, 15) is 4.79 Å². The number of nitrogens with one attached hydrogen (secondary N) is 2. The summed E-state index contributed by atoms with van der Waals surface area (Å²) in [6.45, 7) is 5.40. The van der Waals surface area contributed by atoms with Crippen molar-refractivity contribution in [1.29, 1.82) is 0 Å². The van der Waals surface area contributed by atoms with Gasteiger partial charge >= 0.3 is 0 Å². The lowest BCUT2D eigenvalue weighted by atomic mass is 10.0. The molecule has 1 fully saturated rings.